The van der Waals surface area contributed by atoms with Gasteiger partial charge in [-0.25, -0.2) is 0 Å². The summed E-state index contributed by atoms with van der Waals surface area (Å²) < 4.78 is 3.88. The second kappa shape index (κ2) is 6.99. The number of hydrogen-bond donors (Lipinski definition) is 3. The van der Waals surface area contributed by atoms with Crippen molar-refractivity contribution < 1.29 is 4.79 Å². The number of amides is 1. The molecule has 4 N–H and O–H groups in total. The quantitative estimate of drug-likeness (QED) is 0.425. The van der Waals surface area contributed by atoms with Crippen molar-refractivity contribution >= 4 is 16.8 Å². The highest BCUT2D eigenvalue weighted by molar-refractivity contribution is 6.02. The predicted octanol–water partition coefficient (Wildman–Crippen LogP) is 1.58. The third-order valence-electron chi connectivity index (χ3n) is 6.89. The summed E-state index contributed by atoms with van der Waals surface area (Å²) in [4.78, 5) is 15.4. The molecule has 1 aliphatic heterocycles. The van der Waals surface area contributed by atoms with Gasteiger partial charge in [-0.2, -0.15) is 10.2 Å². The molecule has 1 aliphatic carbocycles. The zero-order valence-corrected chi connectivity index (χ0v) is 18.0. The van der Waals surface area contributed by atoms with E-state index in [1.165, 1.54) is 0 Å². The number of fused-ring (bicyclic) bond motifs is 2. The summed E-state index contributed by atoms with van der Waals surface area (Å²) in [5.41, 5.74) is 9.53. The van der Waals surface area contributed by atoms with E-state index in [9.17, 15) is 4.79 Å². The molecule has 1 amide bonds. The van der Waals surface area contributed by atoms with E-state index >= 15 is 0 Å². The van der Waals surface area contributed by atoms with Crippen LogP contribution in [0.4, 0.5) is 0 Å². The third-order valence-corrected chi connectivity index (χ3v) is 6.89. The van der Waals surface area contributed by atoms with Crippen molar-refractivity contribution in [3.8, 4) is 22.9 Å². The Hall–Kier alpha value is -3.53. The second-order valence-corrected chi connectivity index (χ2v) is 8.81. The number of aryl methyl sites for hydroxylation is 2. The van der Waals surface area contributed by atoms with Crippen molar-refractivity contribution in [2.75, 3.05) is 13.1 Å². The van der Waals surface area contributed by atoms with E-state index in [0.717, 1.165) is 65.9 Å². The standard InChI is InChI=1S/C22H25N9O/c1-3-30-19(4-11(2)29-30)22-26-21(27-28-22)13-5-12(20(23)32)6-18-16(13)9-25-31(18)10-17-14-7-24-8-15(14)17/h4-6,9,14-15,17,24H,3,7-8,10H2,1-2H3,(H2,23,32)(H,26,27,28)/t14-,15+,17+. The first-order valence-corrected chi connectivity index (χ1v) is 11.0. The summed E-state index contributed by atoms with van der Waals surface area (Å²) >= 11 is 0. The molecule has 3 atom stereocenters. The molecular weight excluding hydrogens is 406 g/mol. The number of rotatable bonds is 6. The minimum atomic E-state index is -0.479. The van der Waals surface area contributed by atoms with Crippen molar-refractivity contribution in [1.29, 1.82) is 0 Å². The van der Waals surface area contributed by atoms with Gasteiger partial charge in [-0.15, -0.1) is 10.2 Å². The number of carbonyl (C=O) groups is 1. The SMILES string of the molecule is CCn1nc(C)cc1-c1nnc(-c2cc(C(N)=O)cc3c2cnn3C[C@H]2[C@@H]3CNC[C@@H]32)[nH]1. The minimum absolute atomic E-state index is 0.430. The molecule has 2 fully saturated rings. The highest BCUT2D eigenvalue weighted by atomic mass is 16.1. The number of hydrogen-bond acceptors (Lipinski definition) is 6. The first kappa shape index (κ1) is 19.2. The molecule has 4 heterocycles. The lowest BCUT2D eigenvalue weighted by Crippen LogP contribution is -2.17. The van der Waals surface area contributed by atoms with Gasteiger partial charge in [-0.05, 0) is 62.9 Å². The summed E-state index contributed by atoms with van der Waals surface area (Å²) in [7, 11) is 0. The summed E-state index contributed by atoms with van der Waals surface area (Å²) in [6, 6.07) is 5.57. The van der Waals surface area contributed by atoms with Crippen molar-refractivity contribution in [2.45, 2.75) is 26.9 Å². The van der Waals surface area contributed by atoms with Crippen molar-refractivity contribution in [1.82, 2.24) is 40.1 Å². The largest absolute Gasteiger partial charge is 0.366 e. The number of nitrogens with two attached hydrogens (primary N) is 1. The highest BCUT2D eigenvalue weighted by Crippen LogP contribution is 2.49. The van der Waals surface area contributed by atoms with Crippen LogP contribution in [0.25, 0.3) is 33.8 Å². The lowest BCUT2D eigenvalue weighted by atomic mass is 10.0. The smallest absolute Gasteiger partial charge is 0.248 e. The van der Waals surface area contributed by atoms with E-state index in [1.54, 1.807) is 6.07 Å². The number of piperidine rings is 1. The molecule has 6 rings (SSSR count). The molecule has 0 bridgehead atoms. The number of carbonyl (C=O) groups excluding carboxylic acids is 1. The maximum atomic E-state index is 12.1. The zero-order valence-electron chi connectivity index (χ0n) is 18.0. The molecular formula is C22H25N9O. The van der Waals surface area contributed by atoms with Crippen LogP contribution >= 0.6 is 0 Å². The normalized spacial score (nSPS) is 21.9. The van der Waals surface area contributed by atoms with Crippen molar-refractivity contribution in [3.63, 3.8) is 0 Å². The van der Waals surface area contributed by atoms with Crippen LogP contribution in [0.15, 0.2) is 24.4 Å². The van der Waals surface area contributed by atoms with E-state index in [-0.39, 0.29) is 0 Å². The van der Waals surface area contributed by atoms with Gasteiger partial charge in [0.25, 0.3) is 0 Å². The monoisotopic (exact) mass is 431 g/mol. The molecule has 0 spiro atoms. The Labute approximate surface area is 184 Å². The van der Waals surface area contributed by atoms with E-state index in [0.29, 0.717) is 23.1 Å². The maximum absolute atomic E-state index is 12.1. The van der Waals surface area contributed by atoms with Gasteiger partial charge in [0.15, 0.2) is 11.6 Å². The molecule has 0 unspecified atom stereocenters. The number of aromatic amines is 1. The highest BCUT2D eigenvalue weighted by Gasteiger charge is 2.52. The molecule has 1 aromatic carbocycles. The second-order valence-electron chi connectivity index (χ2n) is 8.81. The van der Waals surface area contributed by atoms with Crippen LogP contribution < -0.4 is 11.1 Å². The van der Waals surface area contributed by atoms with E-state index in [4.69, 9.17) is 5.73 Å². The van der Waals surface area contributed by atoms with Gasteiger partial charge in [-0.3, -0.25) is 14.2 Å². The maximum Gasteiger partial charge on any atom is 0.248 e. The number of primary amides is 1. The topological polar surface area (TPSA) is 132 Å². The Morgan fingerprint density at radius 2 is 1.94 bits per heavy atom. The lowest BCUT2D eigenvalue weighted by molar-refractivity contribution is 0.100. The fourth-order valence-electron chi connectivity index (χ4n) is 5.15. The first-order valence-electron chi connectivity index (χ1n) is 11.0. The molecule has 10 heteroatoms. The summed E-state index contributed by atoms with van der Waals surface area (Å²) in [6.07, 6.45) is 1.84. The summed E-state index contributed by atoms with van der Waals surface area (Å²) in [6.45, 7) is 7.73. The average Bonchev–Trinajstić information content (AvgIpc) is 3.37. The fourth-order valence-corrected chi connectivity index (χ4v) is 5.15. The van der Waals surface area contributed by atoms with Gasteiger partial charge < -0.3 is 16.0 Å². The zero-order chi connectivity index (χ0) is 22.0. The number of aromatic nitrogens is 7. The lowest BCUT2D eigenvalue weighted by Gasteiger charge is -2.08. The molecule has 164 valence electrons. The molecule has 4 aromatic rings. The van der Waals surface area contributed by atoms with Crippen LogP contribution in [0.2, 0.25) is 0 Å². The number of nitrogens with zero attached hydrogens (tertiary/aromatic N) is 6. The Kier molecular flexibility index (Phi) is 4.19. The van der Waals surface area contributed by atoms with E-state index < -0.39 is 5.91 Å². The Bertz CT molecular complexity index is 1340. The van der Waals surface area contributed by atoms with Crippen LogP contribution in [0.5, 0.6) is 0 Å². The average molecular weight is 432 g/mol. The Balaban J connectivity index is 1.42. The number of nitrogens with one attached hydrogen (secondary N) is 2. The molecule has 10 nitrogen and oxygen atoms in total. The molecule has 3 aromatic heterocycles. The van der Waals surface area contributed by atoms with Gasteiger partial charge >= 0.3 is 0 Å². The van der Waals surface area contributed by atoms with Gasteiger partial charge in [0.05, 0.1) is 17.4 Å². The molecule has 1 saturated carbocycles. The summed E-state index contributed by atoms with van der Waals surface area (Å²) in [5.74, 6) is 2.82. The Morgan fingerprint density at radius 3 is 2.69 bits per heavy atom. The van der Waals surface area contributed by atoms with Crippen LogP contribution in [-0.4, -0.2) is 53.7 Å². The van der Waals surface area contributed by atoms with Crippen molar-refractivity contribution in [2.24, 2.45) is 23.5 Å². The Morgan fingerprint density at radius 1 is 1.16 bits per heavy atom. The first-order chi connectivity index (χ1) is 15.5. The van der Waals surface area contributed by atoms with Crippen LogP contribution in [-0.2, 0) is 13.1 Å². The van der Waals surface area contributed by atoms with Gasteiger partial charge in [0.1, 0.15) is 5.69 Å². The van der Waals surface area contributed by atoms with Crippen molar-refractivity contribution in [3.05, 3.63) is 35.7 Å². The third kappa shape index (κ3) is 2.94. The molecule has 0 radical (unpaired) electrons. The molecule has 2 aliphatic rings. The van der Waals surface area contributed by atoms with Gasteiger partial charge in [0.2, 0.25) is 5.91 Å². The predicted molar refractivity (Wildman–Crippen MR) is 119 cm³/mol. The molecule has 32 heavy (non-hydrogen) atoms. The number of H-pyrrole nitrogens is 1. The van der Waals surface area contributed by atoms with E-state index in [2.05, 4.69) is 30.7 Å². The van der Waals surface area contributed by atoms with Gasteiger partial charge in [0, 0.05) is 29.6 Å². The van der Waals surface area contributed by atoms with Gasteiger partial charge in [-0.1, -0.05) is 0 Å². The fraction of sp³-hybridized carbons (Fsp3) is 0.409. The molecule has 1 saturated heterocycles. The van der Waals surface area contributed by atoms with Crippen LogP contribution in [0, 0.1) is 24.7 Å². The summed E-state index contributed by atoms with van der Waals surface area (Å²) in [5, 5.41) is 22.2. The van der Waals surface area contributed by atoms with E-state index in [1.807, 2.05) is 41.5 Å². The van der Waals surface area contributed by atoms with Crippen LogP contribution in [0.1, 0.15) is 23.0 Å². The van der Waals surface area contributed by atoms with Crippen LogP contribution in [0.3, 0.4) is 0 Å². The minimum Gasteiger partial charge on any atom is -0.366 e. The number of benzene rings is 1.